The second-order valence-electron chi connectivity index (χ2n) is 8.88. The standard InChI is InChI=1S/C23H29N3O4S/c27-23(17-4-5-17)15-19-14-21(20-2-1-3-22(20)24-19)16-6-8-18(9-7-16)25-31(28,29)26-10-12-30-13-11-26/h1-2,6,14,17-18,25H,3-5,7-13,15H2. The fraction of sp³-hybridized carbons (Fsp3) is 0.565. The number of morpholine rings is 1. The van der Waals surface area contributed by atoms with Gasteiger partial charge in [-0.2, -0.15) is 17.4 Å². The van der Waals surface area contributed by atoms with E-state index in [0.717, 1.165) is 54.6 Å². The second-order valence-corrected chi connectivity index (χ2v) is 10.6. The molecule has 1 saturated carbocycles. The Morgan fingerprint density at radius 3 is 2.74 bits per heavy atom. The number of allylic oxidation sites excluding steroid dienone is 2. The molecule has 31 heavy (non-hydrogen) atoms. The summed E-state index contributed by atoms with van der Waals surface area (Å²) in [5, 5.41) is 0. The Balaban J connectivity index is 1.31. The van der Waals surface area contributed by atoms with E-state index in [1.54, 1.807) is 0 Å². The van der Waals surface area contributed by atoms with Crippen LogP contribution >= 0.6 is 0 Å². The lowest BCUT2D eigenvalue weighted by molar-refractivity contribution is -0.119. The van der Waals surface area contributed by atoms with E-state index < -0.39 is 10.2 Å². The topological polar surface area (TPSA) is 88.6 Å². The Bertz CT molecular complexity index is 1040. The van der Waals surface area contributed by atoms with Crippen LogP contribution in [0.2, 0.25) is 0 Å². The number of ketones is 1. The van der Waals surface area contributed by atoms with Crippen LogP contribution in [0.1, 0.15) is 54.6 Å². The second kappa shape index (κ2) is 8.58. The van der Waals surface area contributed by atoms with Crippen LogP contribution in [0.3, 0.4) is 0 Å². The van der Waals surface area contributed by atoms with Gasteiger partial charge in [-0.25, -0.2) is 0 Å². The summed E-state index contributed by atoms with van der Waals surface area (Å²) in [7, 11) is -3.48. The molecule has 1 aromatic heterocycles. The summed E-state index contributed by atoms with van der Waals surface area (Å²) in [6.07, 6.45) is 11.9. The molecule has 166 valence electrons. The molecule has 3 aliphatic carbocycles. The Labute approximate surface area is 183 Å². The van der Waals surface area contributed by atoms with Crippen LogP contribution < -0.4 is 4.72 Å². The Morgan fingerprint density at radius 1 is 1.23 bits per heavy atom. The van der Waals surface area contributed by atoms with E-state index in [9.17, 15) is 13.2 Å². The minimum Gasteiger partial charge on any atom is -0.379 e. The van der Waals surface area contributed by atoms with Gasteiger partial charge in [-0.05, 0) is 49.3 Å². The van der Waals surface area contributed by atoms with Gasteiger partial charge in [0.2, 0.25) is 0 Å². The van der Waals surface area contributed by atoms with Crippen molar-refractivity contribution >= 4 is 27.6 Å². The zero-order valence-corrected chi connectivity index (χ0v) is 18.5. The molecule has 5 rings (SSSR count). The number of ether oxygens (including phenoxy) is 1. The van der Waals surface area contributed by atoms with Gasteiger partial charge in [-0.15, -0.1) is 0 Å². The molecule has 1 unspecified atom stereocenters. The Hall–Kier alpha value is -1.87. The highest BCUT2D eigenvalue weighted by Crippen LogP contribution is 2.35. The van der Waals surface area contributed by atoms with Crippen LogP contribution in [0.4, 0.5) is 0 Å². The molecule has 1 aromatic rings. The summed E-state index contributed by atoms with van der Waals surface area (Å²) in [5.74, 6) is 0.547. The van der Waals surface area contributed by atoms with Crippen molar-refractivity contribution in [3.8, 4) is 0 Å². The fourth-order valence-corrected chi connectivity index (χ4v) is 6.05. The molecule has 0 spiro atoms. The number of carbonyl (C=O) groups excluding carboxylic acids is 1. The highest BCUT2D eigenvalue weighted by molar-refractivity contribution is 7.87. The van der Waals surface area contributed by atoms with Crippen LogP contribution in [0.15, 0.2) is 18.2 Å². The van der Waals surface area contributed by atoms with E-state index in [1.807, 2.05) is 0 Å². The van der Waals surface area contributed by atoms with Crippen molar-refractivity contribution in [3.05, 3.63) is 40.7 Å². The van der Waals surface area contributed by atoms with Crippen molar-refractivity contribution in [2.75, 3.05) is 26.3 Å². The van der Waals surface area contributed by atoms with E-state index in [-0.39, 0.29) is 12.0 Å². The molecular formula is C23H29N3O4S. The first-order valence-electron chi connectivity index (χ1n) is 11.3. The first kappa shape index (κ1) is 21.0. The van der Waals surface area contributed by atoms with Crippen molar-refractivity contribution in [1.29, 1.82) is 0 Å². The summed E-state index contributed by atoms with van der Waals surface area (Å²) in [4.78, 5) is 17.1. The maximum Gasteiger partial charge on any atom is 0.279 e. The number of carbonyl (C=O) groups is 1. The van der Waals surface area contributed by atoms with Crippen molar-refractivity contribution in [2.45, 2.75) is 51.0 Å². The average Bonchev–Trinajstić information content (AvgIpc) is 3.52. The lowest BCUT2D eigenvalue weighted by Gasteiger charge is -2.30. The van der Waals surface area contributed by atoms with Crippen LogP contribution in [0.25, 0.3) is 11.6 Å². The maximum absolute atomic E-state index is 12.7. The highest BCUT2D eigenvalue weighted by Gasteiger charge is 2.31. The van der Waals surface area contributed by atoms with E-state index in [0.29, 0.717) is 44.9 Å². The van der Waals surface area contributed by atoms with E-state index in [4.69, 9.17) is 9.72 Å². The number of hydrogen-bond donors (Lipinski definition) is 1. The lowest BCUT2D eigenvalue weighted by atomic mass is 9.88. The minimum atomic E-state index is -3.48. The molecular weight excluding hydrogens is 414 g/mol. The van der Waals surface area contributed by atoms with Gasteiger partial charge in [0.1, 0.15) is 5.78 Å². The number of rotatable bonds is 7. The molecule has 0 aromatic carbocycles. The number of Topliss-reactive ketones (excluding diaryl/α,β-unsaturated/α-hetero) is 1. The third-order valence-electron chi connectivity index (χ3n) is 6.56. The average molecular weight is 444 g/mol. The summed E-state index contributed by atoms with van der Waals surface area (Å²) in [6, 6.07) is 1.98. The normalized spacial score (nSPS) is 24.1. The first-order chi connectivity index (χ1) is 15.0. The summed E-state index contributed by atoms with van der Waals surface area (Å²) in [6.45, 7) is 1.70. The fourth-order valence-electron chi connectivity index (χ4n) is 4.64. The molecule has 4 aliphatic rings. The third kappa shape index (κ3) is 4.67. The maximum atomic E-state index is 12.7. The van der Waals surface area contributed by atoms with Gasteiger partial charge in [-0.1, -0.05) is 18.2 Å². The number of fused-ring (bicyclic) bond motifs is 1. The molecule has 7 nitrogen and oxygen atoms in total. The number of aromatic nitrogens is 1. The van der Waals surface area contributed by atoms with Crippen molar-refractivity contribution in [2.24, 2.45) is 5.92 Å². The smallest absolute Gasteiger partial charge is 0.279 e. The molecule has 8 heteroatoms. The quantitative estimate of drug-likeness (QED) is 0.698. The van der Waals surface area contributed by atoms with Gasteiger partial charge in [0, 0.05) is 49.1 Å². The highest BCUT2D eigenvalue weighted by atomic mass is 32.2. The lowest BCUT2D eigenvalue weighted by Crippen LogP contribution is -2.49. The number of nitrogens with zero attached hydrogens (tertiary/aromatic N) is 2. The zero-order chi connectivity index (χ0) is 21.4. The molecule has 1 N–H and O–H groups in total. The number of nitrogens with one attached hydrogen (secondary N) is 1. The minimum absolute atomic E-state index is 0.0991. The molecule has 1 saturated heterocycles. The van der Waals surface area contributed by atoms with Gasteiger partial charge in [0.25, 0.3) is 10.2 Å². The van der Waals surface area contributed by atoms with Gasteiger partial charge < -0.3 is 4.74 Å². The first-order valence-corrected chi connectivity index (χ1v) is 12.7. The third-order valence-corrected chi connectivity index (χ3v) is 8.23. The van der Waals surface area contributed by atoms with Crippen molar-refractivity contribution < 1.29 is 17.9 Å². The predicted molar refractivity (Wildman–Crippen MR) is 118 cm³/mol. The molecule has 0 radical (unpaired) electrons. The number of pyridine rings is 1. The van der Waals surface area contributed by atoms with Crippen LogP contribution in [0.5, 0.6) is 0 Å². The van der Waals surface area contributed by atoms with Crippen molar-refractivity contribution in [3.63, 3.8) is 0 Å². The summed E-state index contributed by atoms with van der Waals surface area (Å²) in [5.41, 5.74) is 5.46. The SMILES string of the molecule is O=C(Cc1cc(C2=CCC(NS(=O)(=O)N3CCOCC3)CC2)c2c(n1)CC=C2)C1CC1. The van der Waals surface area contributed by atoms with Gasteiger partial charge in [-0.3, -0.25) is 9.78 Å². The van der Waals surface area contributed by atoms with Crippen LogP contribution in [0, 0.1) is 5.92 Å². The van der Waals surface area contributed by atoms with E-state index in [1.165, 1.54) is 9.88 Å². The Kier molecular flexibility index (Phi) is 5.81. The predicted octanol–water partition coefficient (Wildman–Crippen LogP) is 2.28. The van der Waals surface area contributed by atoms with Gasteiger partial charge >= 0.3 is 0 Å². The largest absolute Gasteiger partial charge is 0.379 e. The van der Waals surface area contributed by atoms with E-state index >= 15 is 0 Å². The summed E-state index contributed by atoms with van der Waals surface area (Å²) < 4.78 is 34.9. The molecule has 2 heterocycles. The zero-order valence-electron chi connectivity index (χ0n) is 17.7. The van der Waals surface area contributed by atoms with E-state index in [2.05, 4.69) is 29.0 Å². The molecule has 2 fully saturated rings. The Morgan fingerprint density at radius 2 is 2.03 bits per heavy atom. The van der Waals surface area contributed by atoms with Gasteiger partial charge in [0.05, 0.1) is 18.9 Å². The molecule has 1 aliphatic heterocycles. The van der Waals surface area contributed by atoms with Crippen LogP contribution in [-0.2, 0) is 32.6 Å². The van der Waals surface area contributed by atoms with Crippen LogP contribution in [-0.4, -0.2) is 55.8 Å². The molecule has 0 amide bonds. The van der Waals surface area contributed by atoms with Crippen molar-refractivity contribution in [1.82, 2.24) is 14.0 Å². The summed E-state index contributed by atoms with van der Waals surface area (Å²) >= 11 is 0. The monoisotopic (exact) mass is 443 g/mol. The number of hydrogen-bond acceptors (Lipinski definition) is 5. The van der Waals surface area contributed by atoms with Gasteiger partial charge in [0.15, 0.2) is 0 Å². The molecule has 0 bridgehead atoms. The molecule has 1 atom stereocenters.